The predicted octanol–water partition coefficient (Wildman–Crippen LogP) is 5.19. The van der Waals surface area contributed by atoms with Gasteiger partial charge in [0.2, 0.25) is 5.91 Å². The van der Waals surface area contributed by atoms with Crippen LogP contribution in [0.4, 0.5) is 5.69 Å². The van der Waals surface area contributed by atoms with Crippen LogP contribution in [0.15, 0.2) is 42.5 Å². The van der Waals surface area contributed by atoms with Crippen LogP contribution < -0.4 is 10.6 Å². The van der Waals surface area contributed by atoms with Gasteiger partial charge in [0.05, 0.1) is 23.0 Å². The molecule has 1 fully saturated rings. The number of nitrogens with two attached hydrogens (primary N) is 1. The van der Waals surface area contributed by atoms with Crippen molar-refractivity contribution in [1.82, 2.24) is 9.55 Å². The van der Waals surface area contributed by atoms with Crippen LogP contribution in [0.3, 0.4) is 0 Å². The van der Waals surface area contributed by atoms with Crippen LogP contribution in [0, 0.1) is 11.3 Å². The number of imidazole rings is 1. The lowest BCUT2D eigenvalue weighted by Crippen LogP contribution is -2.48. The van der Waals surface area contributed by atoms with Crippen molar-refractivity contribution in [2.45, 2.75) is 72.0 Å². The van der Waals surface area contributed by atoms with E-state index in [2.05, 4.69) is 54.8 Å². The fraction of sp³-hybridized carbons (Fsp3) is 0.481. The molecule has 0 unspecified atom stereocenters. The number of carbonyl (C=O) groups excluding carboxylic acids is 1. The molecule has 1 spiro atoms. The Kier molecular flexibility index (Phi) is 5.54. The molecule has 0 saturated heterocycles. The molecule has 168 valence electrons. The highest BCUT2D eigenvalue weighted by molar-refractivity contribution is 6.00. The molecule has 0 bridgehead atoms. The van der Waals surface area contributed by atoms with Crippen molar-refractivity contribution in [1.29, 1.82) is 0 Å². The van der Waals surface area contributed by atoms with Crippen molar-refractivity contribution in [2.24, 2.45) is 17.1 Å². The Hall–Kier alpha value is -2.66. The summed E-state index contributed by atoms with van der Waals surface area (Å²) in [6, 6.07) is 14.8. The number of hydrogen-bond acceptors (Lipinski definition) is 3. The fourth-order valence-corrected chi connectivity index (χ4v) is 5.61. The first-order chi connectivity index (χ1) is 15.5. The van der Waals surface area contributed by atoms with Crippen LogP contribution in [0.1, 0.15) is 62.9 Å². The average Bonchev–Trinajstić information content (AvgIpc) is 3.39. The number of rotatable bonds is 6. The molecule has 2 aliphatic rings. The van der Waals surface area contributed by atoms with Gasteiger partial charge in [-0.05, 0) is 60.9 Å². The highest BCUT2D eigenvalue weighted by Crippen LogP contribution is 2.48. The second-order valence-corrected chi connectivity index (χ2v) is 10.1. The molecule has 5 nitrogen and oxygen atoms in total. The highest BCUT2D eigenvalue weighted by atomic mass is 16.2. The quantitative estimate of drug-likeness (QED) is 0.585. The maximum Gasteiger partial charge on any atom is 0.233 e. The van der Waals surface area contributed by atoms with Gasteiger partial charge in [0.1, 0.15) is 5.82 Å². The van der Waals surface area contributed by atoms with Crippen molar-refractivity contribution in [3.63, 3.8) is 0 Å². The molecule has 0 atom stereocenters. The standard InChI is InChI=1S/C27H34N4O/c1-19(2)11-14-30-24-10-9-20(17-28)15-22(24)29-25(30)18-31-23-8-4-3-7-21(23)16-27(26(31)32)12-5-6-13-27/h3-4,7-10,15,19H,5-6,11-14,16-18,28H2,1-2H3. The smallest absolute Gasteiger partial charge is 0.233 e. The van der Waals surface area contributed by atoms with Gasteiger partial charge in [0.15, 0.2) is 0 Å². The lowest BCUT2D eigenvalue weighted by molar-refractivity contribution is -0.128. The van der Waals surface area contributed by atoms with Crippen molar-refractivity contribution in [3.05, 3.63) is 59.4 Å². The third kappa shape index (κ3) is 3.62. The Morgan fingerprint density at radius 2 is 1.91 bits per heavy atom. The van der Waals surface area contributed by atoms with Crippen LogP contribution in [-0.4, -0.2) is 15.5 Å². The van der Waals surface area contributed by atoms with Gasteiger partial charge >= 0.3 is 0 Å². The number of anilines is 1. The summed E-state index contributed by atoms with van der Waals surface area (Å²) in [6.07, 6.45) is 6.25. The number of nitrogens with zero attached hydrogens (tertiary/aromatic N) is 3. The van der Waals surface area contributed by atoms with E-state index >= 15 is 0 Å². The van der Waals surface area contributed by atoms with E-state index in [0.717, 1.165) is 73.2 Å². The van der Waals surface area contributed by atoms with Gasteiger partial charge in [-0.3, -0.25) is 4.79 Å². The van der Waals surface area contributed by atoms with Gasteiger partial charge < -0.3 is 15.2 Å². The zero-order valence-electron chi connectivity index (χ0n) is 19.3. The molecular formula is C27H34N4O. The number of hydrogen-bond donors (Lipinski definition) is 1. The lowest BCUT2D eigenvalue weighted by atomic mass is 9.75. The summed E-state index contributed by atoms with van der Waals surface area (Å²) in [5.41, 5.74) is 11.2. The number of carbonyl (C=O) groups is 1. The summed E-state index contributed by atoms with van der Waals surface area (Å²) in [5, 5.41) is 0. The Labute approximate surface area is 190 Å². The molecule has 5 rings (SSSR count). The van der Waals surface area contributed by atoms with Crippen molar-refractivity contribution in [2.75, 3.05) is 4.90 Å². The number of amides is 1. The van der Waals surface area contributed by atoms with Gasteiger partial charge in [0.25, 0.3) is 0 Å². The van der Waals surface area contributed by atoms with Crippen LogP contribution in [0.25, 0.3) is 11.0 Å². The van der Waals surface area contributed by atoms with Gasteiger partial charge in [-0.15, -0.1) is 0 Å². The molecule has 1 saturated carbocycles. The summed E-state index contributed by atoms with van der Waals surface area (Å²) in [5.74, 6) is 1.86. The summed E-state index contributed by atoms with van der Waals surface area (Å²) in [6.45, 7) is 6.42. The third-order valence-electron chi connectivity index (χ3n) is 7.43. The molecule has 1 aliphatic carbocycles. The van der Waals surface area contributed by atoms with E-state index in [-0.39, 0.29) is 5.41 Å². The Morgan fingerprint density at radius 3 is 2.66 bits per heavy atom. The monoisotopic (exact) mass is 430 g/mol. The predicted molar refractivity (Wildman–Crippen MR) is 129 cm³/mol. The second kappa shape index (κ2) is 8.36. The van der Waals surface area contributed by atoms with Crippen molar-refractivity contribution < 1.29 is 4.79 Å². The zero-order valence-corrected chi connectivity index (χ0v) is 19.3. The van der Waals surface area contributed by atoms with E-state index in [4.69, 9.17) is 10.7 Å². The first-order valence-corrected chi connectivity index (χ1v) is 12.1. The average molecular weight is 431 g/mol. The van der Waals surface area contributed by atoms with Crippen molar-refractivity contribution in [3.8, 4) is 0 Å². The number of aromatic nitrogens is 2. The minimum Gasteiger partial charge on any atom is -0.326 e. The normalized spacial score (nSPS) is 17.6. The van der Waals surface area contributed by atoms with Crippen molar-refractivity contribution >= 4 is 22.6 Å². The van der Waals surface area contributed by atoms with Crippen LogP contribution in [-0.2, 0) is 30.8 Å². The van der Waals surface area contributed by atoms with Gasteiger partial charge in [-0.2, -0.15) is 0 Å². The molecule has 1 aliphatic heterocycles. The molecule has 2 aromatic carbocycles. The minimum atomic E-state index is -0.226. The molecule has 2 heterocycles. The molecule has 32 heavy (non-hydrogen) atoms. The largest absolute Gasteiger partial charge is 0.326 e. The molecule has 1 aromatic heterocycles. The molecule has 5 heteroatoms. The lowest BCUT2D eigenvalue weighted by Gasteiger charge is -2.40. The Balaban J connectivity index is 1.58. The Morgan fingerprint density at radius 1 is 1.12 bits per heavy atom. The van der Waals surface area contributed by atoms with E-state index in [1.54, 1.807) is 0 Å². The summed E-state index contributed by atoms with van der Waals surface area (Å²) < 4.78 is 2.32. The molecule has 0 radical (unpaired) electrons. The summed E-state index contributed by atoms with van der Waals surface area (Å²) >= 11 is 0. The highest BCUT2D eigenvalue weighted by Gasteiger charge is 2.47. The van der Waals surface area contributed by atoms with E-state index in [9.17, 15) is 4.79 Å². The van der Waals surface area contributed by atoms with Gasteiger partial charge in [-0.1, -0.05) is 51.0 Å². The van der Waals surface area contributed by atoms with E-state index in [1.165, 1.54) is 5.56 Å². The van der Waals surface area contributed by atoms with E-state index in [0.29, 0.717) is 24.9 Å². The molecule has 2 N–H and O–H groups in total. The zero-order chi connectivity index (χ0) is 22.3. The first-order valence-electron chi connectivity index (χ1n) is 12.1. The van der Waals surface area contributed by atoms with E-state index in [1.807, 2.05) is 11.0 Å². The summed E-state index contributed by atoms with van der Waals surface area (Å²) in [7, 11) is 0. The first kappa shape index (κ1) is 21.2. The molecular weight excluding hydrogens is 396 g/mol. The maximum absolute atomic E-state index is 13.9. The SMILES string of the molecule is CC(C)CCn1c(CN2C(=O)C3(CCCC3)Cc3ccccc32)nc2cc(CN)ccc21. The second-order valence-electron chi connectivity index (χ2n) is 10.1. The summed E-state index contributed by atoms with van der Waals surface area (Å²) in [4.78, 5) is 20.9. The van der Waals surface area contributed by atoms with E-state index < -0.39 is 0 Å². The number of aryl methyl sites for hydroxylation is 1. The number of benzene rings is 2. The third-order valence-corrected chi connectivity index (χ3v) is 7.43. The van der Waals surface area contributed by atoms with Crippen LogP contribution in [0.5, 0.6) is 0 Å². The topological polar surface area (TPSA) is 64.2 Å². The minimum absolute atomic E-state index is 0.226. The molecule has 1 amide bonds. The number of para-hydroxylation sites is 1. The Bertz CT molecular complexity index is 1140. The van der Waals surface area contributed by atoms with Gasteiger partial charge in [0, 0.05) is 18.8 Å². The molecule has 3 aromatic rings. The number of fused-ring (bicyclic) bond motifs is 2. The van der Waals surface area contributed by atoms with Gasteiger partial charge in [-0.25, -0.2) is 4.98 Å². The maximum atomic E-state index is 13.9. The van der Waals surface area contributed by atoms with Crippen LogP contribution >= 0.6 is 0 Å². The fourth-order valence-electron chi connectivity index (χ4n) is 5.61. The van der Waals surface area contributed by atoms with Crippen LogP contribution in [0.2, 0.25) is 0 Å².